The largest absolute Gasteiger partial charge is 0.492 e. The Balaban J connectivity index is 1.95. The molecule has 0 bridgehead atoms. The molecule has 1 unspecified atom stereocenters. The van der Waals surface area contributed by atoms with Gasteiger partial charge in [-0.1, -0.05) is 32.0 Å². The van der Waals surface area contributed by atoms with Crippen LogP contribution in [0.4, 0.5) is 5.82 Å². The molecule has 0 saturated heterocycles. The Bertz CT molecular complexity index is 627. The second kappa shape index (κ2) is 6.12. The Morgan fingerprint density at radius 3 is 2.90 bits per heavy atom. The number of nitrogens with zero attached hydrogens (tertiary/aromatic N) is 2. The van der Waals surface area contributed by atoms with Crippen molar-refractivity contribution in [3.05, 3.63) is 47.4 Å². The van der Waals surface area contributed by atoms with Gasteiger partial charge >= 0.3 is 0 Å². The van der Waals surface area contributed by atoms with E-state index in [9.17, 15) is 0 Å². The lowest BCUT2D eigenvalue weighted by Crippen LogP contribution is -2.12. The van der Waals surface area contributed by atoms with E-state index in [1.165, 1.54) is 5.56 Å². The van der Waals surface area contributed by atoms with Gasteiger partial charge in [0.25, 0.3) is 0 Å². The second-order valence-corrected chi connectivity index (χ2v) is 5.28. The summed E-state index contributed by atoms with van der Waals surface area (Å²) in [5, 5.41) is 3.36. The molecule has 1 aliphatic heterocycles. The molecule has 1 N–H and O–H groups in total. The Morgan fingerprint density at radius 1 is 1.24 bits per heavy atom. The van der Waals surface area contributed by atoms with Gasteiger partial charge in [0.05, 0.1) is 5.92 Å². The van der Waals surface area contributed by atoms with Gasteiger partial charge in [-0.05, 0) is 18.9 Å². The van der Waals surface area contributed by atoms with E-state index in [4.69, 9.17) is 14.7 Å². The maximum atomic E-state index is 5.76. The molecule has 110 valence electrons. The van der Waals surface area contributed by atoms with Crippen LogP contribution in [0.5, 0.6) is 5.75 Å². The number of fused-ring (bicyclic) bond motifs is 1. The number of benzene rings is 1. The van der Waals surface area contributed by atoms with Crippen molar-refractivity contribution in [2.45, 2.75) is 32.6 Å². The van der Waals surface area contributed by atoms with E-state index in [-0.39, 0.29) is 5.92 Å². The first kappa shape index (κ1) is 13.9. The third kappa shape index (κ3) is 2.84. The highest BCUT2D eigenvalue weighted by Gasteiger charge is 2.28. The van der Waals surface area contributed by atoms with Gasteiger partial charge in [0.1, 0.15) is 24.0 Å². The van der Waals surface area contributed by atoms with Crippen LogP contribution in [0.1, 0.15) is 43.3 Å². The van der Waals surface area contributed by atoms with E-state index in [0.29, 0.717) is 6.61 Å². The fraction of sp³-hybridized carbons (Fsp3) is 0.412. The van der Waals surface area contributed by atoms with Crippen molar-refractivity contribution < 1.29 is 4.74 Å². The number of aromatic nitrogens is 2. The van der Waals surface area contributed by atoms with Crippen molar-refractivity contribution in [2.24, 2.45) is 0 Å². The molecule has 1 aromatic carbocycles. The lowest BCUT2D eigenvalue weighted by molar-refractivity contribution is 0.339. The van der Waals surface area contributed by atoms with E-state index in [0.717, 1.165) is 42.5 Å². The van der Waals surface area contributed by atoms with Crippen LogP contribution in [0.15, 0.2) is 30.3 Å². The van der Waals surface area contributed by atoms with Gasteiger partial charge < -0.3 is 10.1 Å². The van der Waals surface area contributed by atoms with E-state index in [1.807, 2.05) is 24.3 Å². The molecule has 4 heteroatoms. The molecule has 3 rings (SSSR count). The average molecular weight is 283 g/mol. The molecular weight excluding hydrogens is 262 g/mol. The molecule has 2 aromatic rings. The molecule has 1 aromatic heterocycles. The summed E-state index contributed by atoms with van der Waals surface area (Å²) in [6.45, 7) is 5.82. The number of para-hydroxylation sites is 1. The number of hydrogen-bond donors (Lipinski definition) is 1. The highest BCUT2D eigenvalue weighted by atomic mass is 16.5. The summed E-state index contributed by atoms with van der Waals surface area (Å²) in [6.07, 6.45) is 1.99. The zero-order valence-corrected chi connectivity index (χ0v) is 12.6. The van der Waals surface area contributed by atoms with Crippen LogP contribution in [0.3, 0.4) is 0 Å². The van der Waals surface area contributed by atoms with Crippen molar-refractivity contribution in [3.63, 3.8) is 0 Å². The molecule has 0 fully saturated rings. The van der Waals surface area contributed by atoms with Crippen LogP contribution in [0.25, 0.3) is 0 Å². The Hall–Kier alpha value is -2.10. The van der Waals surface area contributed by atoms with E-state index in [1.54, 1.807) is 0 Å². The van der Waals surface area contributed by atoms with Crippen molar-refractivity contribution in [3.8, 4) is 5.75 Å². The molecule has 0 saturated carbocycles. The summed E-state index contributed by atoms with van der Waals surface area (Å²) in [5.41, 5.74) is 2.26. The fourth-order valence-corrected chi connectivity index (χ4v) is 2.57. The van der Waals surface area contributed by atoms with Crippen molar-refractivity contribution >= 4 is 5.82 Å². The minimum absolute atomic E-state index is 0.134. The number of nitrogens with one attached hydrogen (secondary N) is 1. The van der Waals surface area contributed by atoms with Gasteiger partial charge in [-0.15, -0.1) is 0 Å². The maximum Gasteiger partial charge on any atom is 0.142 e. The van der Waals surface area contributed by atoms with Gasteiger partial charge in [0, 0.05) is 23.9 Å². The molecule has 0 spiro atoms. The minimum Gasteiger partial charge on any atom is -0.492 e. The highest BCUT2D eigenvalue weighted by molar-refractivity contribution is 5.45. The number of anilines is 1. The first-order chi connectivity index (χ1) is 10.3. The number of rotatable bonds is 5. The summed E-state index contributed by atoms with van der Waals surface area (Å²) >= 11 is 0. The highest BCUT2D eigenvalue weighted by Crippen LogP contribution is 2.36. The van der Waals surface area contributed by atoms with Crippen LogP contribution in [0, 0.1) is 0 Å². The number of aryl methyl sites for hydroxylation is 1. The molecule has 0 radical (unpaired) electrons. The lowest BCUT2D eigenvalue weighted by Gasteiger charge is -2.12. The zero-order valence-electron chi connectivity index (χ0n) is 12.6. The predicted molar refractivity (Wildman–Crippen MR) is 84.0 cm³/mol. The first-order valence-electron chi connectivity index (χ1n) is 7.65. The SMILES string of the molecule is CCCNc1cc(CC)nc(C2COc3ccccc32)n1. The van der Waals surface area contributed by atoms with E-state index in [2.05, 4.69) is 25.2 Å². The third-order valence-electron chi connectivity index (χ3n) is 3.73. The minimum atomic E-state index is 0.134. The maximum absolute atomic E-state index is 5.76. The van der Waals surface area contributed by atoms with Crippen LogP contribution in [-0.4, -0.2) is 23.1 Å². The van der Waals surface area contributed by atoms with E-state index < -0.39 is 0 Å². The van der Waals surface area contributed by atoms with Crippen molar-refractivity contribution in [1.29, 1.82) is 0 Å². The summed E-state index contributed by atoms with van der Waals surface area (Å²) in [4.78, 5) is 9.41. The van der Waals surface area contributed by atoms with Crippen molar-refractivity contribution in [1.82, 2.24) is 9.97 Å². The van der Waals surface area contributed by atoms with Gasteiger partial charge in [-0.2, -0.15) is 0 Å². The predicted octanol–water partition coefficient (Wildman–Crippen LogP) is 3.39. The first-order valence-corrected chi connectivity index (χ1v) is 7.65. The average Bonchev–Trinajstić information content (AvgIpc) is 2.96. The smallest absolute Gasteiger partial charge is 0.142 e. The quantitative estimate of drug-likeness (QED) is 0.913. The molecular formula is C17H21N3O. The third-order valence-corrected chi connectivity index (χ3v) is 3.73. The van der Waals surface area contributed by atoms with Crippen LogP contribution >= 0.6 is 0 Å². The Labute approximate surface area is 125 Å². The van der Waals surface area contributed by atoms with Crippen molar-refractivity contribution in [2.75, 3.05) is 18.5 Å². The van der Waals surface area contributed by atoms with Crippen LogP contribution < -0.4 is 10.1 Å². The van der Waals surface area contributed by atoms with Crippen LogP contribution in [0.2, 0.25) is 0 Å². The summed E-state index contributed by atoms with van der Waals surface area (Å²) in [5.74, 6) is 2.87. The van der Waals surface area contributed by atoms with E-state index >= 15 is 0 Å². The molecule has 0 aliphatic carbocycles. The molecule has 4 nitrogen and oxygen atoms in total. The normalized spacial score (nSPS) is 16.4. The standard InChI is InChI=1S/C17H21N3O/c1-3-9-18-16-10-12(4-2)19-17(20-16)14-11-21-15-8-6-5-7-13(14)15/h5-8,10,14H,3-4,9,11H2,1-2H3,(H,18,19,20). The number of ether oxygens (including phenoxy) is 1. The molecule has 0 amide bonds. The summed E-state index contributed by atoms with van der Waals surface area (Å²) < 4.78 is 5.76. The Morgan fingerprint density at radius 2 is 2.10 bits per heavy atom. The monoisotopic (exact) mass is 283 g/mol. The van der Waals surface area contributed by atoms with Crippen LogP contribution in [-0.2, 0) is 6.42 Å². The van der Waals surface area contributed by atoms with Gasteiger partial charge in [-0.3, -0.25) is 0 Å². The zero-order chi connectivity index (χ0) is 14.7. The second-order valence-electron chi connectivity index (χ2n) is 5.28. The molecule has 21 heavy (non-hydrogen) atoms. The van der Waals surface area contributed by atoms with Gasteiger partial charge in [0.15, 0.2) is 0 Å². The van der Waals surface area contributed by atoms with Gasteiger partial charge in [-0.25, -0.2) is 9.97 Å². The van der Waals surface area contributed by atoms with Gasteiger partial charge in [0.2, 0.25) is 0 Å². The summed E-state index contributed by atoms with van der Waals surface area (Å²) in [7, 11) is 0. The Kier molecular flexibility index (Phi) is 4.04. The molecule has 2 heterocycles. The summed E-state index contributed by atoms with van der Waals surface area (Å²) in [6, 6.07) is 10.2. The number of hydrogen-bond acceptors (Lipinski definition) is 4. The fourth-order valence-electron chi connectivity index (χ4n) is 2.57. The topological polar surface area (TPSA) is 47.0 Å². The molecule has 1 aliphatic rings. The lowest BCUT2D eigenvalue weighted by atomic mass is 10.0. The molecule has 1 atom stereocenters.